The van der Waals surface area contributed by atoms with E-state index in [1.165, 1.54) is 12.1 Å². The van der Waals surface area contributed by atoms with Crippen molar-refractivity contribution in [2.45, 2.75) is 45.3 Å². The minimum Gasteiger partial charge on any atom is -0.462 e. The zero-order chi connectivity index (χ0) is 25.1. The number of hydrogen-bond donors (Lipinski definition) is 1. The third-order valence-corrected chi connectivity index (χ3v) is 4.62. The highest BCUT2D eigenvalue weighted by Crippen LogP contribution is 2.36. The van der Waals surface area contributed by atoms with Crippen LogP contribution in [-0.4, -0.2) is 24.3 Å². The van der Waals surface area contributed by atoms with Crippen molar-refractivity contribution in [1.82, 2.24) is 0 Å². The van der Waals surface area contributed by atoms with E-state index in [-0.39, 0.29) is 11.6 Å². The van der Waals surface area contributed by atoms with Crippen LogP contribution in [0.5, 0.6) is 0 Å². The predicted octanol–water partition coefficient (Wildman–Crippen LogP) is 5.72. The van der Waals surface area contributed by atoms with Gasteiger partial charge >= 0.3 is 18.3 Å². The Kier molecular flexibility index (Phi) is 7.86. The molecule has 0 aliphatic heterocycles. The summed E-state index contributed by atoms with van der Waals surface area (Å²) in [5, 5.41) is 11.1. The molecule has 0 heterocycles. The third kappa shape index (κ3) is 7.46. The number of esters is 1. The Morgan fingerprint density at radius 2 is 1.33 bits per heavy atom. The van der Waals surface area contributed by atoms with Gasteiger partial charge in [0.2, 0.25) is 0 Å². The van der Waals surface area contributed by atoms with Crippen molar-refractivity contribution < 1.29 is 45.7 Å². The molecular formula is C23H24F6O4. The van der Waals surface area contributed by atoms with E-state index in [2.05, 4.69) is 0 Å². The van der Waals surface area contributed by atoms with Crippen molar-refractivity contribution in [2.24, 2.45) is 5.41 Å². The van der Waals surface area contributed by atoms with Crippen molar-refractivity contribution in [3.8, 4) is 0 Å². The number of hydrogen-bond acceptors (Lipinski definition) is 4. The van der Waals surface area contributed by atoms with E-state index in [4.69, 9.17) is 9.47 Å². The fourth-order valence-corrected chi connectivity index (χ4v) is 2.80. The van der Waals surface area contributed by atoms with Crippen molar-refractivity contribution in [3.63, 3.8) is 0 Å². The molecule has 2 rings (SSSR count). The summed E-state index contributed by atoms with van der Waals surface area (Å²) >= 11 is 0. The van der Waals surface area contributed by atoms with E-state index in [0.717, 1.165) is 0 Å². The Morgan fingerprint density at radius 1 is 0.818 bits per heavy atom. The lowest BCUT2D eigenvalue weighted by atomic mass is 9.94. The molecule has 1 N–H and O–H groups in total. The summed E-state index contributed by atoms with van der Waals surface area (Å²) in [4.78, 5) is 12.1. The van der Waals surface area contributed by atoms with Crippen molar-refractivity contribution in [2.75, 3.05) is 13.2 Å². The lowest BCUT2D eigenvalue weighted by molar-refractivity contribution is -0.166. The van der Waals surface area contributed by atoms with Crippen LogP contribution in [0, 0.1) is 5.41 Å². The highest BCUT2D eigenvalue weighted by atomic mass is 19.4. The normalized spacial score (nSPS) is 14.6. The molecule has 0 aromatic heterocycles. The molecule has 182 valence electrons. The van der Waals surface area contributed by atoms with Gasteiger partial charge in [-0.1, -0.05) is 30.3 Å². The summed E-state index contributed by atoms with van der Waals surface area (Å²) in [5.41, 5.74) is -5.74. The van der Waals surface area contributed by atoms with Crippen LogP contribution in [0.1, 0.15) is 43.0 Å². The molecule has 1 unspecified atom stereocenters. The van der Waals surface area contributed by atoms with Crippen LogP contribution in [0.3, 0.4) is 0 Å². The number of alkyl halides is 6. The molecular weight excluding hydrogens is 454 g/mol. The summed E-state index contributed by atoms with van der Waals surface area (Å²) in [5.74, 6) is -0.607. The molecule has 4 nitrogen and oxygen atoms in total. The quantitative estimate of drug-likeness (QED) is 0.409. The van der Waals surface area contributed by atoms with E-state index in [0.29, 0.717) is 17.7 Å². The van der Waals surface area contributed by atoms with Gasteiger partial charge < -0.3 is 14.6 Å². The van der Waals surface area contributed by atoms with Gasteiger partial charge in [0, 0.05) is 0 Å². The van der Waals surface area contributed by atoms with Gasteiger partial charge in [0.05, 0.1) is 29.8 Å². The Morgan fingerprint density at radius 3 is 1.79 bits per heavy atom. The number of carbonyl (C=O) groups excluding carboxylic acids is 1. The Hall–Kier alpha value is -2.59. The summed E-state index contributed by atoms with van der Waals surface area (Å²) in [7, 11) is 0. The van der Waals surface area contributed by atoms with E-state index in [9.17, 15) is 36.2 Å². The number of carbonyl (C=O) groups is 1. The lowest BCUT2D eigenvalue weighted by Gasteiger charge is -2.29. The Bertz CT molecular complexity index is 916. The number of aliphatic hydroxyl groups is 1. The van der Waals surface area contributed by atoms with Gasteiger partial charge in [0.1, 0.15) is 12.2 Å². The first-order valence-corrected chi connectivity index (χ1v) is 9.84. The summed E-state index contributed by atoms with van der Waals surface area (Å²) in [6, 6.07) is 9.07. The number of rotatable bonds is 7. The molecule has 0 amide bonds. The van der Waals surface area contributed by atoms with Gasteiger partial charge in [0.25, 0.3) is 0 Å². The Balaban J connectivity index is 2.24. The molecule has 1 atom stereocenters. The molecule has 0 radical (unpaired) electrons. The summed E-state index contributed by atoms with van der Waals surface area (Å²) in [6.07, 6.45) is -9.97. The molecule has 0 spiro atoms. The zero-order valence-electron chi connectivity index (χ0n) is 18.2. The van der Waals surface area contributed by atoms with Gasteiger partial charge in [-0.2, -0.15) is 26.3 Å². The fraction of sp³-hybridized carbons (Fsp3) is 0.435. The monoisotopic (exact) mass is 478 g/mol. The van der Waals surface area contributed by atoms with E-state index < -0.39 is 60.3 Å². The first kappa shape index (κ1) is 26.7. The average Bonchev–Trinajstić information content (AvgIpc) is 2.70. The molecule has 0 fully saturated rings. The molecule has 0 aliphatic rings. The zero-order valence-corrected chi connectivity index (χ0v) is 18.2. The van der Waals surface area contributed by atoms with Crippen LogP contribution >= 0.6 is 0 Å². The smallest absolute Gasteiger partial charge is 0.416 e. The molecule has 0 saturated heterocycles. The molecule has 0 saturated carbocycles. The molecule has 33 heavy (non-hydrogen) atoms. The minimum atomic E-state index is -4.98. The second-order valence-corrected chi connectivity index (χ2v) is 8.63. The maximum absolute atomic E-state index is 13.0. The fourth-order valence-electron chi connectivity index (χ4n) is 2.80. The maximum Gasteiger partial charge on any atom is 0.416 e. The molecule has 2 aromatic carbocycles. The van der Waals surface area contributed by atoms with Crippen molar-refractivity contribution in [1.29, 1.82) is 0 Å². The standard InChI is InChI=1S/C23H24F6O4/c1-20(2,3)19(30)33-14-21(31,16-7-5-4-6-8-16)13-32-12-15-9-17(22(24,25)26)11-18(10-15)23(27,28)29/h4-11,31H,12-14H2,1-3H3. The average molecular weight is 478 g/mol. The molecule has 10 heteroatoms. The van der Waals surface area contributed by atoms with Gasteiger partial charge in [-0.05, 0) is 50.1 Å². The van der Waals surface area contributed by atoms with E-state index in [1.807, 2.05) is 0 Å². The van der Waals surface area contributed by atoms with E-state index >= 15 is 0 Å². The maximum atomic E-state index is 13.0. The van der Waals surface area contributed by atoms with Crippen LogP contribution in [0.25, 0.3) is 0 Å². The largest absolute Gasteiger partial charge is 0.462 e. The lowest BCUT2D eigenvalue weighted by Crippen LogP contribution is -2.39. The van der Waals surface area contributed by atoms with Gasteiger partial charge in [-0.3, -0.25) is 4.79 Å². The SMILES string of the molecule is CC(C)(C)C(=O)OCC(O)(COCc1cc(C(F)(F)F)cc(C(F)(F)F)c1)c1ccccc1. The van der Waals surface area contributed by atoms with Crippen LogP contribution in [0.15, 0.2) is 48.5 Å². The van der Waals surface area contributed by atoms with E-state index in [1.54, 1.807) is 39.0 Å². The van der Waals surface area contributed by atoms with Crippen molar-refractivity contribution in [3.05, 3.63) is 70.8 Å². The summed E-state index contributed by atoms with van der Waals surface area (Å²) in [6.45, 7) is 3.11. The van der Waals surface area contributed by atoms with Crippen LogP contribution in [0.2, 0.25) is 0 Å². The third-order valence-electron chi connectivity index (χ3n) is 4.62. The minimum absolute atomic E-state index is 0.0236. The van der Waals surface area contributed by atoms with Gasteiger partial charge in [0.15, 0.2) is 0 Å². The second-order valence-electron chi connectivity index (χ2n) is 8.63. The van der Waals surface area contributed by atoms with Crippen molar-refractivity contribution >= 4 is 5.97 Å². The highest BCUT2D eigenvalue weighted by molar-refractivity contribution is 5.75. The van der Waals surface area contributed by atoms with Crippen LogP contribution in [0.4, 0.5) is 26.3 Å². The second kappa shape index (κ2) is 9.72. The molecule has 0 bridgehead atoms. The topological polar surface area (TPSA) is 55.8 Å². The first-order valence-electron chi connectivity index (χ1n) is 9.84. The Labute approximate surface area is 187 Å². The predicted molar refractivity (Wildman–Crippen MR) is 107 cm³/mol. The first-order chi connectivity index (χ1) is 15.0. The molecule has 2 aromatic rings. The number of ether oxygens (including phenoxy) is 2. The van der Waals surface area contributed by atoms with Crippen LogP contribution in [-0.2, 0) is 38.8 Å². The van der Waals surface area contributed by atoms with Gasteiger partial charge in [-0.25, -0.2) is 0 Å². The highest BCUT2D eigenvalue weighted by Gasteiger charge is 2.37. The number of halogens is 6. The number of benzene rings is 2. The van der Waals surface area contributed by atoms with Crippen LogP contribution < -0.4 is 0 Å². The van der Waals surface area contributed by atoms with Gasteiger partial charge in [-0.15, -0.1) is 0 Å². The molecule has 0 aliphatic carbocycles. The summed E-state index contributed by atoms with van der Waals surface area (Å²) < 4.78 is 88.8.